The fourth-order valence-corrected chi connectivity index (χ4v) is 5.51. The second-order valence-corrected chi connectivity index (χ2v) is 9.19. The van der Waals surface area contributed by atoms with Crippen LogP contribution >= 0.6 is 59.1 Å². The smallest absolute Gasteiger partial charge is 0.0758 e. The lowest BCUT2D eigenvalue weighted by molar-refractivity contribution is 0.528. The third-order valence-electron chi connectivity index (χ3n) is 3.08. The summed E-state index contributed by atoms with van der Waals surface area (Å²) in [7, 11) is 0. The van der Waals surface area contributed by atoms with Crippen LogP contribution in [0.15, 0.2) is 42.4 Å². The molecule has 0 amide bonds. The SMILES string of the molecule is CCCNC(Cc1ccccc1Br)c1cc(Br)sc1Br. The van der Waals surface area contributed by atoms with Crippen LogP contribution in [0.3, 0.4) is 0 Å². The molecule has 2 rings (SSSR count). The Morgan fingerprint density at radius 1 is 1.20 bits per heavy atom. The van der Waals surface area contributed by atoms with Gasteiger partial charge in [-0.1, -0.05) is 41.1 Å². The van der Waals surface area contributed by atoms with Crippen molar-refractivity contribution < 1.29 is 0 Å². The van der Waals surface area contributed by atoms with E-state index in [2.05, 4.69) is 90.4 Å². The van der Waals surface area contributed by atoms with E-state index >= 15 is 0 Å². The van der Waals surface area contributed by atoms with Gasteiger partial charge in [0, 0.05) is 10.5 Å². The van der Waals surface area contributed by atoms with E-state index in [0.717, 1.165) is 23.2 Å². The summed E-state index contributed by atoms with van der Waals surface area (Å²) < 4.78 is 3.54. The first-order chi connectivity index (χ1) is 9.61. The summed E-state index contributed by atoms with van der Waals surface area (Å²) >= 11 is 12.6. The Balaban J connectivity index is 2.24. The van der Waals surface area contributed by atoms with Gasteiger partial charge in [-0.05, 0) is 74.5 Å². The van der Waals surface area contributed by atoms with Crippen LogP contribution in [-0.2, 0) is 6.42 Å². The van der Waals surface area contributed by atoms with Gasteiger partial charge in [-0.3, -0.25) is 0 Å². The second-order valence-electron chi connectivity index (χ2n) is 4.58. The molecule has 20 heavy (non-hydrogen) atoms. The highest BCUT2D eigenvalue weighted by atomic mass is 79.9. The minimum atomic E-state index is 0.325. The molecule has 0 saturated heterocycles. The molecule has 1 unspecified atom stereocenters. The Kier molecular flexibility index (Phi) is 6.75. The largest absolute Gasteiger partial charge is 0.310 e. The Hall–Kier alpha value is 0.320. The molecular weight excluding hydrogens is 466 g/mol. The van der Waals surface area contributed by atoms with Crippen molar-refractivity contribution in [2.75, 3.05) is 6.54 Å². The third kappa shape index (κ3) is 4.41. The summed E-state index contributed by atoms with van der Waals surface area (Å²) in [5.41, 5.74) is 2.65. The Morgan fingerprint density at radius 2 is 1.95 bits per heavy atom. The average molecular weight is 482 g/mol. The number of hydrogen-bond donors (Lipinski definition) is 1. The van der Waals surface area contributed by atoms with Crippen LogP contribution in [0, 0.1) is 0 Å². The van der Waals surface area contributed by atoms with Crippen molar-refractivity contribution in [1.82, 2.24) is 5.32 Å². The van der Waals surface area contributed by atoms with Gasteiger partial charge >= 0.3 is 0 Å². The van der Waals surface area contributed by atoms with Crippen LogP contribution in [-0.4, -0.2) is 6.54 Å². The van der Waals surface area contributed by atoms with E-state index in [4.69, 9.17) is 0 Å². The van der Waals surface area contributed by atoms with Crippen LogP contribution < -0.4 is 5.32 Å². The quantitative estimate of drug-likeness (QED) is 0.509. The van der Waals surface area contributed by atoms with Gasteiger partial charge in [-0.15, -0.1) is 11.3 Å². The van der Waals surface area contributed by atoms with Gasteiger partial charge in [0.15, 0.2) is 0 Å². The zero-order valence-corrected chi connectivity index (χ0v) is 16.7. The van der Waals surface area contributed by atoms with E-state index in [0.29, 0.717) is 6.04 Å². The van der Waals surface area contributed by atoms with Crippen LogP contribution in [0.4, 0.5) is 0 Å². The first-order valence-electron chi connectivity index (χ1n) is 6.53. The zero-order chi connectivity index (χ0) is 14.5. The Bertz CT molecular complexity index is 568. The highest BCUT2D eigenvalue weighted by molar-refractivity contribution is 9.12. The van der Waals surface area contributed by atoms with Gasteiger partial charge in [-0.25, -0.2) is 0 Å². The van der Waals surface area contributed by atoms with E-state index in [1.54, 1.807) is 11.3 Å². The molecule has 1 aromatic heterocycles. The number of rotatable bonds is 6. The minimum absolute atomic E-state index is 0.325. The van der Waals surface area contributed by atoms with E-state index in [9.17, 15) is 0 Å². The van der Waals surface area contributed by atoms with Gasteiger partial charge in [0.1, 0.15) is 0 Å². The minimum Gasteiger partial charge on any atom is -0.310 e. The van der Waals surface area contributed by atoms with E-state index in [1.165, 1.54) is 19.4 Å². The summed E-state index contributed by atoms with van der Waals surface area (Å²) in [5.74, 6) is 0. The molecule has 1 heterocycles. The number of nitrogens with one attached hydrogen (secondary N) is 1. The van der Waals surface area contributed by atoms with Crippen molar-refractivity contribution in [2.45, 2.75) is 25.8 Å². The number of hydrogen-bond acceptors (Lipinski definition) is 2. The van der Waals surface area contributed by atoms with Crippen LogP contribution in [0.25, 0.3) is 0 Å². The van der Waals surface area contributed by atoms with Gasteiger partial charge in [-0.2, -0.15) is 0 Å². The van der Waals surface area contributed by atoms with E-state index in [1.807, 2.05) is 0 Å². The number of halogens is 3. The molecule has 0 spiro atoms. The number of thiophene rings is 1. The molecular formula is C15H16Br3NS. The average Bonchev–Trinajstić information content (AvgIpc) is 2.75. The highest BCUT2D eigenvalue weighted by Crippen LogP contribution is 2.37. The van der Waals surface area contributed by atoms with Gasteiger partial charge in [0.25, 0.3) is 0 Å². The summed E-state index contributed by atoms with van der Waals surface area (Å²) in [6.07, 6.45) is 2.11. The fourth-order valence-electron chi connectivity index (χ4n) is 2.09. The normalized spacial score (nSPS) is 12.6. The van der Waals surface area contributed by atoms with Crippen molar-refractivity contribution in [3.8, 4) is 0 Å². The monoisotopic (exact) mass is 479 g/mol. The van der Waals surface area contributed by atoms with E-state index < -0.39 is 0 Å². The molecule has 2 aromatic rings. The maximum atomic E-state index is 3.68. The lowest BCUT2D eigenvalue weighted by Gasteiger charge is -2.19. The molecule has 0 radical (unpaired) electrons. The predicted molar refractivity (Wildman–Crippen MR) is 98.6 cm³/mol. The van der Waals surface area contributed by atoms with Crippen LogP contribution in [0.5, 0.6) is 0 Å². The summed E-state index contributed by atoms with van der Waals surface area (Å²) in [5, 5.41) is 3.65. The van der Waals surface area contributed by atoms with Crippen molar-refractivity contribution in [1.29, 1.82) is 0 Å². The van der Waals surface area contributed by atoms with Crippen molar-refractivity contribution in [3.05, 3.63) is 53.5 Å². The molecule has 108 valence electrons. The molecule has 0 aliphatic carbocycles. The van der Waals surface area contributed by atoms with Crippen LogP contribution in [0.2, 0.25) is 0 Å². The summed E-state index contributed by atoms with van der Waals surface area (Å²) in [6.45, 7) is 3.22. The predicted octanol–water partition coefficient (Wildman–Crippen LogP) is 6.32. The highest BCUT2D eigenvalue weighted by Gasteiger charge is 2.18. The second kappa shape index (κ2) is 8.08. The topological polar surface area (TPSA) is 12.0 Å². The fraction of sp³-hybridized carbons (Fsp3) is 0.333. The van der Waals surface area contributed by atoms with Crippen molar-refractivity contribution in [2.24, 2.45) is 0 Å². The van der Waals surface area contributed by atoms with Crippen molar-refractivity contribution >= 4 is 59.1 Å². The Labute approximate surface area is 149 Å². The third-order valence-corrected chi connectivity index (χ3v) is 6.24. The zero-order valence-electron chi connectivity index (χ0n) is 11.1. The standard InChI is InChI=1S/C15H16Br3NS/c1-2-7-19-13(11-9-14(17)20-15(11)18)8-10-5-3-4-6-12(10)16/h3-6,9,13,19H,2,7-8H2,1H3. The Morgan fingerprint density at radius 3 is 2.55 bits per heavy atom. The summed E-state index contributed by atoms with van der Waals surface area (Å²) in [6, 6.07) is 11.0. The van der Waals surface area contributed by atoms with E-state index in [-0.39, 0.29) is 0 Å². The molecule has 5 heteroatoms. The first kappa shape index (κ1) is 16.7. The molecule has 0 saturated carbocycles. The number of benzene rings is 1. The molecule has 1 aromatic carbocycles. The van der Waals surface area contributed by atoms with Gasteiger partial charge in [0.2, 0.25) is 0 Å². The van der Waals surface area contributed by atoms with Crippen LogP contribution in [0.1, 0.15) is 30.5 Å². The molecule has 0 fully saturated rings. The molecule has 1 N–H and O–H groups in total. The maximum absolute atomic E-state index is 3.68. The molecule has 0 bridgehead atoms. The lowest BCUT2D eigenvalue weighted by atomic mass is 10.0. The molecule has 0 aliphatic rings. The molecule has 1 nitrogen and oxygen atoms in total. The lowest BCUT2D eigenvalue weighted by Crippen LogP contribution is -2.24. The first-order valence-corrected chi connectivity index (χ1v) is 9.73. The van der Waals surface area contributed by atoms with Crippen molar-refractivity contribution in [3.63, 3.8) is 0 Å². The molecule has 0 aliphatic heterocycles. The van der Waals surface area contributed by atoms with Gasteiger partial charge < -0.3 is 5.32 Å². The molecule has 1 atom stereocenters. The van der Waals surface area contributed by atoms with Gasteiger partial charge in [0.05, 0.1) is 7.57 Å². The maximum Gasteiger partial charge on any atom is 0.0758 e. The summed E-state index contributed by atoms with van der Waals surface area (Å²) in [4.78, 5) is 0.